The second-order valence-corrected chi connectivity index (χ2v) is 4.02. The largest absolute Gasteiger partial charge is 0.508 e. The van der Waals surface area contributed by atoms with E-state index in [0.29, 0.717) is 45.6 Å². The summed E-state index contributed by atoms with van der Waals surface area (Å²) in [5.74, 6) is 0.304. The number of ether oxygens (including phenoxy) is 5. The Bertz CT molecular complexity index is 195. The normalized spacial score (nSPS) is 10.7. The van der Waals surface area contributed by atoms with E-state index in [1.165, 1.54) is 0 Å². The molecule has 0 aromatic rings. The molecule has 108 valence electrons. The van der Waals surface area contributed by atoms with Gasteiger partial charge in [-0.1, -0.05) is 13.8 Å². The third-order valence-electron chi connectivity index (χ3n) is 1.79. The molecule has 0 heterocycles. The van der Waals surface area contributed by atoms with Crippen LogP contribution in [0.15, 0.2) is 0 Å². The molecular formula is C12H24O6. The van der Waals surface area contributed by atoms with Crippen molar-refractivity contribution in [2.45, 2.75) is 13.8 Å². The first-order valence-electron chi connectivity index (χ1n) is 6.10. The Kier molecular flexibility index (Phi) is 12.0. The number of hydrogen-bond donors (Lipinski definition) is 0. The van der Waals surface area contributed by atoms with Crippen molar-refractivity contribution in [3.63, 3.8) is 0 Å². The summed E-state index contributed by atoms with van der Waals surface area (Å²) in [5, 5.41) is 0. The van der Waals surface area contributed by atoms with Crippen LogP contribution < -0.4 is 0 Å². The summed E-state index contributed by atoms with van der Waals surface area (Å²) in [5.41, 5.74) is 0. The van der Waals surface area contributed by atoms with Crippen LogP contribution in [-0.4, -0.2) is 59.5 Å². The Labute approximate surface area is 108 Å². The SMILES string of the molecule is COCCOCCOCCOC(=O)OCC(C)C. The van der Waals surface area contributed by atoms with Crippen LogP contribution in [0.1, 0.15) is 13.8 Å². The lowest BCUT2D eigenvalue weighted by Crippen LogP contribution is -2.16. The van der Waals surface area contributed by atoms with E-state index in [0.717, 1.165) is 0 Å². The summed E-state index contributed by atoms with van der Waals surface area (Å²) in [6.45, 7) is 6.91. The molecule has 0 aliphatic rings. The van der Waals surface area contributed by atoms with Gasteiger partial charge in [0.15, 0.2) is 0 Å². The van der Waals surface area contributed by atoms with E-state index >= 15 is 0 Å². The summed E-state index contributed by atoms with van der Waals surface area (Å²) in [6.07, 6.45) is -0.649. The minimum atomic E-state index is -0.649. The van der Waals surface area contributed by atoms with Crippen LogP contribution in [0.5, 0.6) is 0 Å². The molecule has 0 fully saturated rings. The molecule has 0 saturated heterocycles. The molecule has 0 radical (unpaired) electrons. The third kappa shape index (κ3) is 13.2. The van der Waals surface area contributed by atoms with Crippen LogP contribution in [0.25, 0.3) is 0 Å². The zero-order valence-electron chi connectivity index (χ0n) is 11.5. The van der Waals surface area contributed by atoms with Gasteiger partial charge in [-0.3, -0.25) is 0 Å². The van der Waals surface area contributed by atoms with Gasteiger partial charge in [0, 0.05) is 7.11 Å². The number of carbonyl (C=O) groups excluding carboxylic acids is 1. The smallest absolute Gasteiger partial charge is 0.434 e. The molecule has 0 bridgehead atoms. The van der Waals surface area contributed by atoms with Gasteiger partial charge < -0.3 is 23.7 Å². The molecule has 0 aromatic carbocycles. The predicted molar refractivity (Wildman–Crippen MR) is 65.7 cm³/mol. The van der Waals surface area contributed by atoms with Gasteiger partial charge in [-0.05, 0) is 5.92 Å². The highest BCUT2D eigenvalue weighted by Crippen LogP contribution is 1.94. The van der Waals surface area contributed by atoms with E-state index in [1.807, 2.05) is 13.8 Å². The lowest BCUT2D eigenvalue weighted by atomic mass is 10.2. The molecule has 0 atom stereocenters. The van der Waals surface area contributed by atoms with E-state index in [2.05, 4.69) is 0 Å². The predicted octanol–water partition coefficient (Wildman–Crippen LogP) is 1.48. The highest BCUT2D eigenvalue weighted by atomic mass is 16.7. The van der Waals surface area contributed by atoms with Crippen LogP contribution in [0, 0.1) is 5.92 Å². The van der Waals surface area contributed by atoms with Gasteiger partial charge in [0.2, 0.25) is 0 Å². The van der Waals surface area contributed by atoms with Gasteiger partial charge in [0.25, 0.3) is 0 Å². The van der Waals surface area contributed by atoms with E-state index in [-0.39, 0.29) is 6.61 Å². The van der Waals surface area contributed by atoms with Crippen molar-refractivity contribution in [2.75, 3.05) is 53.4 Å². The summed E-state index contributed by atoms with van der Waals surface area (Å²) in [7, 11) is 1.62. The second-order valence-electron chi connectivity index (χ2n) is 4.02. The Morgan fingerprint density at radius 1 is 0.889 bits per heavy atom. The number of carbonyl (C=O) groups is 1. The van der Waals surface area contributed by atoms with Crippen LogP contribution in [0.3, 0.4) is 0 Å². The molecule has 18 heavy (non-hydrogen) atoms. The van der Waals surface area contributed by atoms with Gasteiger partial charge in [0.05, 0.1) is 39.6 Å². The van der Waals surface area contributed by atoms with Crippen molar-refractivity contribution >= 4 is 6.16 Å². The van der Waals surface area contributed by atoms with Crippen molar-refractivity contribution in [1.29, 1.82) is 0 Å². The second kappa shape index (κ2) is 12.6. The maximum Gasteiger partial charge on any atom is 0.508 e. The average Bonchev–Trinajstić information content (AvgIpc) is 2.34. The molecule has 0 aromatic heterocycles. The molecule has 6 nitrogen and oxygen atoms in total. The van der Waals surface area contributed by atoms with Crippen LogP contribution in [0.2, 0.25) is 0 Å². The molecule has 0 aliphatic heterocycles. The molecule has 0 amide bonds. The maximum absolute atomic E-state index is 11.0. The minimum Gasteiger partial charge on any atom is -0.434 e. The van der Waals surface area contributed by atoms with Crippen LogP contribution in [-0.2, 0) is 23.7 Å². The zero-order valence-corrected chi connectivity index (χ0v) is 11.5. The molecule has 0 saturated carbocycles. The lowest BCUT2D eigenvalue weighted by molar-refractivity contribution is -0.000558. The van der Waals surface area contributed by atoms with Crippen molar-refractivity contribution in [3.8, 4) is 0 Å². The summed E-state index contributed by atoms with van der Waals surface area (Å²) < 4.78 is 24.8. The standard InChI is InChI=1S/C12H24O6/c1-11(2)10-18-12(13)17-9-8-16-7-6-15-5-4-14-3/h11H,4-10H2,1-3H3. The van der Waals surface area contributed by atoms with Gasteiger partial charge in [0.1, 0.15) is 6.61 Å². The maximum atomic E-state index is 11.0. The van der Waals surface area contributed by atoms with Crippen LogP contribution >= 0.6 is 0 Å². The fourth-order valence-electron chi connectivity index (χ4n) is 0.925. The zero-order chi connectivity index (χ0) is 13.6. The molecule has 0 unspecified atom stereocenters. The highest BCUT2D eigenvalue weighted by Gasteiger charge is 2.04. The van der Waals surface area contributed by atoms with Crippen molar-refractivity contribution < 1.29 is 28.5 Å². The first-order valence-corrected chi connectivity index (χ1v) is 6.10. The Morgan fingerprint density at radius 3 is 2.00 bits per heavy atom. The van der Waals surface area contributed by atoms with Gasteiger partial charge in [-0.2, -0.15) is 0 Å². The van der Waals surface area contributed by atoms with Gasteiger partial charge >= 0.3 is 6.16 Å². The van der Waals surface area contributed by atoms with E-state index in [4.69, 9.17) is 23.7 Å². The fourth-order valence-corrected chi connectivity index (χ4v) is 0.925. The third-order valence-corrected chi connectivity index (χ3v) is 1.79. The summed E-state index contributed by atoms with van der Waals surface area (Å²) in [4.78, 5) is 11.0. The fraction of sp³-hybridized carbons (Fsp3) is 0.917. The number of rotatable bonds is 11. The Hall–Kier alpha value is -0.850. The molecule has 0 N–H and O–H groups in total. The molecular weight excluding hydrogens is 240 g/mol. The summed E-state index contributed by atoms with van der Waals surface area (Å²) in [6, 6.07) is 0. The van der Waals surface area contributed by atoms with Crippen molar-refractivity contribution in [1.82, 2.24) is 0 Å². The van der Waals surface area contributed by atoms with Gasteiger partial charge in [-0.15, -0.1) is 0 Å². The minimum absolute atomic E-state index is 0.189. The summed E-state index contributed by atoms with van der Waals surface area (Å²) >= 11 is 0. The van der Waals surface area contributed by atoms with Crippen molar-refractivity contribution in [2.24, 2.45) is 5.92 Å². The Balaban J connectivity index is 3.12. The van der Waals surface area contributed by atoms with Crippen molar-refractivity contribution in [3.05, 3.63) is 0 Å². The van der Waals surface area contributed by atoms with E-state index in [1.54, 1.807) is 7.11 Å². The topological polar surface area (TPSA) is 63.2 Å². The monoisotopic (exact) mass is 264 g/mol. The Morgan fingerprint density at radius 2 is 1.44 bits per heavy atom. The first-order chi connectivity index (χ1) is 8.66. The molecule has 0 spiro atoms. The quantitative estimate of drug-likeness (QED) is 0.416. The molecule has 6 heteroatoms. The average molecular weight is 264 g/mol. The van der Waals surface area contributed by atoms with Crippen LogP contribution in [0.4, 0.5) is 4.79 Å². The number of hydrogen-bond acceptors (Lipinski definition) is 6. The molecule has 0 aliphatic carbocycles. The highest BCUT2D eigenvalue weighted by molar-refractivity contribution is 5.59. The van der Waals surface area contributed by atoms with Gasteiger partial charge in [-0.25, -0.2) is 4.79 Å². The number of methoxy groups -OCH3 is 1. The molecule has 0 rings (SSSR count). The lowest BCUT2D eigenvalue weighted by Gasteiger charge is -2.08. The van der Waals surface area contributed by atoms with E-state index in [9.17, 15) is 4.79 Å². The first kappa shape index (κ1) is 17.2. The van der Waals surface area contributed by atoms with E-state index < -0.39 is 6.16 Å².